The summed E-state index contributed by atoms with van der Waals surface area (Å²) in [7, 11) is 3.23. The Kier molecular flexibility index (Phi) is 5.60. The van der Waals surface area contributed by atoms with Gasteiger partial charge in [0.15, 0.2) is 0 Å². The van der Waals surface area contributed by atoms with Gasteiger partial charge in [0.2, 0.25) is 5.88 Å². The van der Waals surface area contributed by atoms with E-state index in [1.807, 2.05) is 12.1 Å². The molecule has 0 aromatic carbocycles. The second-order valence-electron chi connectivity index (χ2n) is 2.84. The van der Waals surface area contributed by atoms with Gasteiger partial charge in [0.1, 0.15) is 0 Å². The Morgan fingerprint density at radius 3 is 2.73 bits per heavy atom. The summed E-state index contributed by atoms with van der Waals surface area (Å²) in [4.78, 5) is 4.25. The van der Waals surface area contributed by atoms with Crippen molar-refractivity contribution in [1.29, 1.82) is 0 Å². The molecule has 0 amide bonds. The van der Waals surface area contributed by atoms with E-state index < -0.39 is 0 Å². The van der Waals surface area contributed by atoms with Crippen LogP contribution in [0.5, 0.6) is 5.88 Å². The predicted molar refractivity (Wildman–Crippen MR) is 60.0 cm³/mol. The van der Waals surface area contributed by atoms with Gasteiger partial charge in [-0.1, -0.05) is 0 Å². The van der Waals surface area contributed by atoms with Gasteiger partial charge in [-0.25, -0.2) is 4.98 Å². The van der Waals surface area contributed by atoms with Crippen molar-refractivity contribution in [1.82, 2.24) is 4.98 Å². The zero-order chi connectivity index (χ0) is 11.1. The maximum Gasteiger partial charge on any atom is 0.228 e. The Morgan fingerprint density at radius 1 is 1.27 bits per heavy atom. The van der Waals surface area contributed by atoms with E-state index >= 15 is 0 Å². The summed E-state index contributed by atoms with van der Waals surface area (Å²) >= 11 is 3.34. The fourth-order valence-corrected chi connectivity index (χ4v) is 1.39. The first kappa shape index (κ1) is 12.4. The van der Waals surface area contributed by atoms with Crippen molar-refractivity contribution in [3.05, 3.63) is 22.3 Å². The Bertz CT molecular complexity index is 307. The van der Waals surface area contributed by atoms with E-state index in [1.165, 1.54) is 0 Å². The average molecular weight is 276 g/mol. The molecule has 0 aliphatic carbocycles. The summed E-state index contributed by atoms with van der Waals surface area (Å²) in [6.07, 6.45) is 0. The van der Waals surface area contributed by atoms with Crippen LogP contribution in [-0.2, 0) is 16.1 Å². The monoisotopic (exact) mass is 275 g/mol. The third kappa shape index (κ3) is 4.15. The highest BCUT2D eigenvalue weighted by molar-refractivity contribution is 9.10. The molecule has 4 nitrogen and oxygen atoms in total. The van der Waals surface area contributed by atoms with Crippen molar-refractivity contribution in [2.75, 3.05) is 27.4 Å². The van der Waals surface area contributed by atoms with Crippen molar-refractivity contribution < 1.29 is 14.2 Å². The molecule has 0 saturated heterocycles. The van der Waals surface area contributed by atoms with Gasteiger partial charge < -0.3 is 14.2 Å². The van der Waals surface area contributed by atoms with Crippen molar-refractivity contribution in [3.8, 4) is 5.88 Å². The highest BCUT2D eigenvalue weighted by Gasteiger charge is 2.03. The molecule has 0 radical (unpaired) electrons. The van der Waals surface area contributed by atoms with E-state index in [2.05, 4.69) is 20.9 Å². The highest BCUT2D eigenvalue weighted by Crippen LogP contribution is 2.22. The molecule has 15 heavy (non-hydrogen) atoms. The number of hydrogen-bond donors (Lipinski definition) is 0. The lowest BCUT2D eigenvalue weighted by molar-refractivity contribution is 0.0600. The predicted octanol–water partition coefficient (Wildman–Crippen LogP) is 2.02. The zero-order valence-electron chi connectivity index (χ0n) is 8.83. The molecule has 0 N–H and O–H groups in total. The molecule has 84 valence electrons. The number of pyridine rings is 1. The van der Waals surface area contributed by atoms with Crippen LogP contribution in [0.15, 0.2) is 16.6 Å². The summed E-state index contributed by atoms with van der Waals surface area (Å²) in [5.74, 6) is 0.572. The maximum absolute atomic E-state index is 5.34. The van der Waals surface area contributed by atoms with E-state index in [-0.39, 0.29) is 0 Å². The fourth-order valence-electron chi connectivity index (χ4n) is 1.00. The zero-order valence-corrected chi connectivity index (χ0v) is 10.4. The minimum absolute atomic E-state index is 0.465. The maximum atomic E-state index is 5.34. The molecular formula is C10H14BrNO3. The van der Waals surface area contributed by atoms with E-state index in [9.17, 15) is 0 Å². The first-order chi connectivity index (χ1) is 7.27. The van der Waals surface area contributed by atoms with E-state index in [1.54, 1.807) is 14.2 Å². The Balaban J connectivity index is 2.47. The molecule has 1 heterocycles. The van der Waals surface area contributed by atoms with Gasteiger partial charge >= 0.3 is 0 Å². The van der Waals surface area contributed by atoms with Crippen molar-refractivity contribution in [2.24, 2.45) is 0 Å². The Labute approximate surface area is 97.7 Å². The van der Waals surface area contributed by atoms with Gasteiger partial charge in [0.25, 0.3) is 0 Å². The number of rotatable bonds is 6. The Morgan fingerprint density at radius 2 is 2.07 bits per heavy atom. The standard InChI is InChI=1S/C10H14BrNO3/c1-13-5-6-15-7-8-3-4-9(11)10(12-8)14-2/h3-4H,5-7H2,1-2H3. The van der Waals surface area contributed by atoms with Crippen LogP contribution in [0.4, 0.5) is 0 Å². The van der Waals surface area contributed by atoms with Gasteiger partial charge in [0, 0.05) is 7.11 Å². The van der Waals surface area contributed by atoms with Crippen LogP contribution in [-0.4, -0.2) is 32.4 Å². The molecular weight excluding hydrogens is 262 g/mol. The Hall–Kier alpha value is -0.650. The molecule has 0 saturated carbocycles. The molecule has 0 unspecified atom stereocenters. The summed E-state index contributed by atoms with van der Waals surface area (Å²) in [6, 6.07) is 3.78. The lowest BCUT2D eigenvalue weighted by Crippen LogP contribution is -2.03. The molecule has 0 spiro atoms. The molecule has 0 aliphatic heterocycles. The van der Waals surface area contributed by atoms with Gasteiger partial charge in [-0.05, 0) is 28.1 Å². The normalized spacial score (nSPS) is 10.3. The minimum Gasteiger partial charge on any atom is -0.480 e. The SMILES string of the molecule is COCCOCc1ccc(Br)c(OC)n1. The first-order valence-electron chi connectivity index (χ1n) is 4.54. The fraction of sp³-hybridized carbons (Fsp3) is 0.500. The molecule has 1 aromatic rings. The van der Waals surface area contributed by atoms with Crippen LogP contribution in [0.1, 0.15) is 5.69 Å². The van der Waals surface area contributed by atoms with Crippen LogP contribution in [0.2, 0.25) is 0 Å². The number of ether oxygens (including phenoxy) is 3. The second-order valence-corrected chi connectivity index (χ2v) is 3.69. The van der Waals surface area contributed by atoms with Crippen LogP contribution < -0.4 is 4.74 Å². The number of nitrogens with zero attached hydrogens (tertiary/aromatic N) is 1. The first-order valence-corrected chi connectivity index (χ1v) is 5.33. The van der Waals surface area contributed by atoms with Crippen molar-refractivity contribution in [3.63, 3.8) is 0 Å². The van der Waals surface area contributed by atoms with Gasteiger partial charge in [-0.3, -0.25) is 0 Å². The van der Waals surface area contributed by atoms with Crippen molar-refractivity contribution in [2.45, 2.75) is 6.61 Å². The highest BCUT2D eigenvalue weighted by atomic mass is 79.9. The third-order valence-corrected chi connectivity index (χ3v) is 2.35. The van der Waals surface area contributed by atoms with Crippen LogP contribution in [0.3, 0.4) is 0 Å². The van der Waals surface area contributed by atoms with Gasteiger partial charge in [-0.2, -0.15) is 0 Å². The molecule has 0 fully saturated rings. The average Bonchev–Trinajstić information content (AvgIpc) is 2.26. The molecule has 1 rings (SSSR count). The molecule has 0 bridgehead atoms. The quantitative estimate of drug-likeness (QED) is 0.745. The van der Waals surface area contributed by atoms with E-state index in [0.717, 1.165) is 10.2 Å². The van der Waals surface area contributed by atoms with Crippen LogP contribution in [0, 0.1) is 0 Å². The molecule has 0 aliphatic rings. The van der Waals surface area contributed by atoms with Crippen molar-refractivity contribution >= 4 is 15.9 Å². The number of aromatic nitrogens is 1. The van der Waals surface area contributed by atoms with Crippen LogP contribution in [0.25, 0.3) is 0 Å². The largest absolute Gasteiger partial charge is 0.480 e. The van der Waals surface area contributed by atoms with Crippen LogP contribution >= 0.6 is 15.9 Å². The summed E-state index contributed by atoms with van der Waals surface area (Å²) in [5, 5.41) is 0. The van der Waals surface area contributed by atoms with Gasteiger partial charge in [0.05, 0.1) is 37.1 Å². The summed E-state index contributed by atoms with van der Waals surface area (Å²) in [5.41, 5.74) is 0.839. The third-order valence-electron chi connectivity index (χ3n) is 1.75. The lowest BCUT2D eigenvalue weighted by atomic mass is 10.3. The molecule has 0 atom stereocenters. The minimum atomic E-state index is 0.465. The number of hydrogen-bond acceptors (Lipinski definition) is 4. The van der Waals surface area contributed by atoms with E-state index in [0.29, 0.717) is 25.7 Å². The lowest BCUT2D eigenvalue weighted by Gasteiger charge is -2.06. The number of halogens is 1. The smallest absolute Gasteiger partial charge is 0.228 e. The molecule has 1 aromatic heterocycles. The second kappa shape index (κ2) is 6.76. The summed E-state index contributed by atoms with van der Waals surface area (Å²) in [6.45, 7) is 1.62. The van der Waals surface area contributed by atoms with Gasteiger partial charge in [-0.15, -0.1) is 0 Å². The topological polar surface area (TPSA) is 40.6 Å². The summed E-state index contributed by atoms with van der Waals surface area (Å²) < 4.78 is 16.1. The molecule has 5 heteroatoms. The number of methoxy groups -OCH3 is 2. The van der Waals surface area contributed by atoms with E-state index in [4.69, 9.17) is 14.2 Å².